The predicted molar refractivity (Wildman–Crippen MR) is 91.6 cm³/mol. The quantitative estimate of drug-likeness (QED) is 0.757. The lowest BCUT2D eigenvalue weighted by Crippen LogP contribution is -2.30. The molecule has 0 unspecified atom stereocenters. The van der Waals surface area contributed by atoms with Crippen molar-refractivity contribution in [2.75, 3.05) is 20.3 Å². The fraction of sp³-hybridized carbons (Fsp3) is 0.263. The van der Waals surface area contributed by atoms with E-state index in [1.54, 1.807) is 31.4 Å². The minimum atomic E-state index is -0.181. The molecular weight excluding hydrogens is 306 g/mol. The largest absolute Gasteiger partial charge is 0.497 e. The molecule has 0 saturated carbocycles. The molecular formula is C19H21NO4. The molecule has 126 valence electrons. The molecule has 0 aliphatic heterocycles. The van der Waals surface area contributed by atoms with Gasteiger partial charge in [0.2, 0.25) is 0 Å². The maximum atomic E-state index is 11.8. The van der Waals surface area contributed by atoms with Gasteiger partial charge in [0, 0.05) is 12.1 Å². The maximum Gasteiger partial charge on any atom is 0.257 e. The Balaban J connectivity index is 1.70. The van der Waals surface area contributed by atoms with E-state index in [2.05, 4.69) is 5.32 Å². The minimum absolute atomic E-state index is 0.00201. The molecule has 0 fully saturated rings. The maximum absolute atomic E-state index is 11.8. The molecule has 1 amide bonds. The molecule has 1 N–H and O–H groups in total. The van der Waals surface area contributed by atoms with E-state index in [0.29, 0.717) is 17.9 Å². The fourth-order valence-corrected chi connectivity index (χ4v) is 2.12. The molecule has 0 saturated heterocycles. The molecule has 0 aromatic heterocycles. The molecule has 0 spiro atoms. The van der Waals surface area contributed by atoms with Gasteiger partial charge in [0.05, 0.1) is 7.11 Å². The van der Waals surface area contributed by atoms with Crippen molar-refractivity contribution in [2.24, 2.45) is 0 Å². The number of carbonyl (C=O) groups excluding carboxylic acids is 2. The van der Waals surface area contributed by atoms with Gasteiger partial charge < -0.3 is 14.8 Å². The Kier molecular flexibility index (Phi) is 6.37. The van der Waals surface area contributed by atoms with Gasteiger partial charge in [-0.3, -0.25) is 9.59 Å². The van der Waals surface area contributed by atoms with Crippen molar-refractivity contribution in [1.29, 1.82) is 0 Å². The molecule has 2 aromatic rings. The van der Waals surface area contributed by atoms with E-state index >= 15 is 0 Å². The van der Waals surface area contributed by atoms with Crippen LogP contribution in [-0.2, 0) is 11.2 Å². The molecule has 0 bridgehead atoms. The second-order valence-electron chi connectivity index (χ2n) is 5.32. The van der Waals surface area contributed by atoms with Crippen LogP contribution in [0.1, 0.15) is 22.8 Å². The Morgan fingerprint density at radius 1 is 0.958 bits per heavy atom. The summed E-state index contributed by atoms with van der Waals surface area (Å²) >= 11 is 0. The molecule has 0 aliphatic carbocycles. The fourth-order valence-electron chi connectivity index (χ4n) is 2.12. The highest BCUT2D eigenvalue weighted by atomic mass is 16.5. The zero-order chi connectivity index (χ0) is 17.4. The molecule has 0 atom stereocenters. The monoisotopic (exact) mass is 327 g/mol. The van der Waals surface area contributed by atoms with Crippen LogP contribution in [0.2, 0.25) is 0 Å². The Hall–Kier alpha value is -2.82. The van der Waals surface area contributed by atoms with E-state index in [9.17, 15) is 9.59 Å². The van der Waals surface area contributed by atoms with Crippen LogP contribution in [0.5, 0.6) is 11.5 Å². The van der Waals surface area contributed by atoms with Gasteiger partial charge in [0.1, 0.15) is 11.5 Å². The van der Waals surface area contributed by atoms with E-state index in [-0.39, 0.29) is 18.3 Å². The summed E-state index contributed by atoms with van der Waals surface area (Å²) in [6, 6.07) is 14.5. The number of amides is 1. The van der Waals surface area contributed by atoms with Gasteiger partial charge in [-0.05, 0) is 55.3 Å². The lowest BCUT2D eigenvalue weighted by atomic mass is 10.1. The molecule has 0 radical (unpaired) electrons. The Morgan fingerprint density at radius 2 is 1.58 bits per heavy atom. The van der Waals surface area contributed by atoms with Crippen molar-refractivity contribution in [3.8, 4) is 11.5 Å². The van der Waals surface area contributed by atoms with E-state index in [1.807, 2.05) is 24.3 Å². The zero-order valence-electron chi connectivity index (χ0n) is 13.9. The highest BCUT2D eigenvalue weighted by Gasteiger charge is 2.04. The van der Waals surface area contributed by atoms with Crippen LogP contribution in [0, 0.1) is 0 Å². The molecule has 5 nitrogen and oxygen atoms in total. The van der Waals surface area contributed by atoms with E-state index in [1.165, 1.54) is 6.92 Å². The summed E-state index contributed by atoms with van der Waals surface area (Å²) in [5.74, 6) is 1.19. The molecule has 2 rings (SSSR count). The number of carbonyl (C=O) groups is 2. The number of rotatable bonds is 8. The normalized spacial score (nSPS) is 10.1. The average Bonchev–Trinajstić information content (AvgIpc) is 2.61. The number of nitrogens with one attached hydrogen (secondary N) is 1. The number of benzene rings is 2. The summed E-state index contributed by atoms with van der Waals surface area (Å²) in [6.07, 6.45) is 0.739. The highest BCUT2D eigenvalue weighted by Crippen LogP contribution is 2.13. The molecule has 0 aliphatic rings. The SMILES string of the molecule is COc1ccc(CCNC(=O)COc2ccc(C(C)=O)cc2)cc1. The van der Waals surface area contributed by atoms with Crippen LogP contribution in [0.15, 0.2) is 48.5 Å². The van der Waals surface area contributed by atoms with Crippen molar-refractivity contribution in [3.05, 3.63) is 59.7 Å². The number of Topliss-reactive ketones (excluding diaryl/α,β-unsaturated/α-hetero) is 1. The van der Waals surface area contributed by atoms with Crippen molar-refractivity contribution >= 4 is 11.7 Å². The van der Waals surface area contributed by atoms with Crippen molar-refractivity contribution in [3.63, 3.8) is 0 Å². The molecule has 5 heteroatoms. The van der Waals surface area contributed by atoms with E-state index in [0.717, 1.165) is 17.7 Å². The van der Waals surface area contributed by atoms with E-state index < -0.39 is 0 Å². The number of ketones is 1. The topological polar surface area (TPSA) is 64.6 Å². The van der Waals surface area contributed by atoms with Gasteiger partial charge >= 0.3 is 0 Å². The predicted octanol–water partition coefficient (Wildman–Crippen LogP) is 2.64. The summed E-state index contributed by atoms with van der Waals surface area (Å²) in [7, 11) is 1.63. The summed E-state index contributed by atoms with van der Waals surface area (Å²) in [5.41, 5.74) is 1.74. The minimum Gasteiger partial charge on any atom is -0.497 e. The molecule has 2 aromatic carbocycles. The second-order valence-corrected chi connectivity index (χ2v) is 5.32. The van der Waals surface area contributed by atoms with Crippen molar-refractivity contribution in [1.82, 2.24) is 5.32 Å². The van der Waals surface area contributed by atoms with Crippen LogP contribution in [0.3, 0.4) is 0 Å². The van der Waals surface area contributed by atoms with Crippen LogP contribution in [0.4, 0.5) is 0 Å². The summed E-state index contributed by atoms with van der Waals surface area (Å²) in [5, 5.41) is 2.81. The number of hydrogen-bond donors (Lipinski definition) is 1. The second kappa shape index (κ2) is 8.72. The van der Waals surface area contributed by atoms with Crippen LogP contribution in [0.25, 0.3) is 0 Å². The molecule has 0 heterocycles. The lowest BCUT2D eigenvalue weighted by molar-refractivity contribution is -0.123. The van der Waals surface area contributed by atoms with Gasteiger partial charge in [0.15, 0.2) is 12.4 Å². The van der Waals surface area contributed by atoms with Crippen LogP contribution < -0.4 is 14.8 Å². The smallest absolute Gasteiger partial charge is 0.257 e. The first-order valence-electron chi connectivity index (χ1n) is 7.72. The lowest BCUT2D eigenvalue weighted by Gasteiger charge is -2.08. The number of methoxy groups -OCH3 is 1. The van der Waals surface area contributed by atoms with Crippen molar-refractivity contribution < 1.29 is 19.1 Å². The zero-order valence-corrected chi connectivity index (χ0v) is 13.9. The Labute approximate surface area is 141 Å². The highest BCUT2D eigenvalue weighted by molar-refractivity contribution is 5.94. The summed E-state index contributed by atoms with van der Waals surface area (Å²) in [4.78, 5) is 23.0. The van der Waals surface area contributed by atoms with E-state index in [4.69, 9.17) is 9.47 Å². The first-order valence-corrected chi connectivity index (χ1v) is 7.72. The number of hydrogen-bond acceptors (Lipinski definition) is 4. The van der Waals surface area contributed by atoms with Gasteiger partial charge in [-0.1, -0.05) is 12.1 Å². The first kappa shape index (κ1) is 17.5. The third-order valence-corrected chi connectivity index (χ3v) is 3.53. The van der Waals surface area contributed by atoms with Gasteiger partial charge in [-0.2, -0.15) is 0 Å². The third kappa shape index (κ3) is 5.43. The van der Waals surface area contributed by atoms with Crippen LogP contribution >= 0.6 is 0 Å². The summed E-state index contributed by atoms with van der Waals surface area (Å²) in [6.45, 7) is 1.99. The number of ether oxygens (including phenoxy) is 2. The van der Waals surface area contributed by atoms with Gasteiger partial charge in [-0.15, -0.1) is 0 Å². The van der Waals surface area contributed by atoms with Crippen molar-refractivity contribution in [2.45, 2.75) is 13.3 Å². The molecule has 24 heavy (non-hydrogen) atoms. The third-order valence-electron chi connectivity index (χ3n) is 3.53. The van der Waals surface area contributed by atoms with Gasteiger partial charge in [0.25, 0.3) is 5.91 Å². The Morgan fingerprint density at radius 3 is 2.17 bits per heavy atom. The van der Waals surface area contributed by atoms with Gasteiger partial charge in [-0.25, -0.2) is 0 Å². The first-order chi connectivity index (χ1) is 11.6. The Bertz CT molecular complexity index is 678. The summed E-state index contributed by atoms with van der Waals surface area (Å²) < 4.78 is 10.5. The standard InChI is InChI=1S/C19H21NO4/c1-14(21)16-5-9-18(10-6-16)24-13-19(22)20-12-11-15-3-7-17(23-2)8-4-15/h3-10H,11-13H2,1-2H3,(H,20,22). The van der Waals surface area contributed by atoms with Crippen LogP contribution in [-0.4, -0.2) is 32.0 Å². The average molecular weight is 327 g/mol.